The molecule has 0 amide bonds. The molecule has 3 nitrogen and oxygen atoms in total. The van der Waals surface area contributed by atoms with E-state index in [2.05, 4.69) is 0 Å². The van der Waals surface area contributed by atoms with Gasteiger partial charge in [-0.25, -0.2) is 8.42 Å². The summed E-state index contributed by atoms with van der Waals surface area (Å²) in [5.41, 5.74) is 1.72. The zero-order valence-corrected chi connectivity index (χ0v) is 21.9. The average molecular weight is 565 g/mol. The van der Waals surface area contributed by atoms with E-state index >= 15 is 0 Å². The quantitative estimate of drug-likeness (QED) is 0.217. The van der Waals surface area contributed by atoms with Crippen LogP contribution in [0.25, 0.3) is 0 Å². The summed E-state index contributed by atoms with van der Waals surface area (Å²) in [5.74, 6) is 0.106. The van der Waals surface area contributed by atoms with E-state index in [1.807, 2.05) is 13.8 Å². The highest BCUT2D eigenvalue weighted by Gasteiger charge is 2.54. The number of allylic oxidation sites excluding steroid dienone is 1. The number of hydrogen-bond acceptors (Lipinski definition) is 4. The van der Waals surface area contributed by atoms with Gasteiger partial charge in [0.1, 0.15) is 0 Å². The third-order valence-corrected chi connectivity index (χ3v) is 14.7. The van der Waals surface area contributed by atoms with Gasteiger partial charge in [-0.05, 0) is 26.0 Å². The Morgan fingerprint density at radius 1 is 0.867 bits per heavy atom. The standard InChI is InChI=1S/C19H15Cl5O3S3/c1-10-8-19(29(25)9-11(10)2,30(26,27)12-6-4-3-5-7-12)28-18-16(23)14(21)13(20)15(22)17(18)24/h3-7H,8-9H2,1-2H3. The minimum absolute atomic E-state index is 0.0257. The Morgan fingerprint density at radius 3 is 1.90 bits per heavy atom. The SMILES string of the molecule is CC1=C(C)CC(Sc2c(Cl)c(Cl)c(Cl)c(Cl)c2Cl)(S(=O)(=O)c2ccccc2)S(=O)C1. The van der Waals surface area contributed by atoms with Crippen molar-refractivity contribution in [2.24, 2.45) is 0 Å². The Labute approximate surface area is 207 Å². The van der Waals surface area contributed by atoms with Gasteiger partial charge in [-0.1, -0.05) is 99.1 Å². The largest absolute Gasteiger partial charge is 0.257 e. The van der Waals surface area contributed by atoms with Gasteiger partial charge in [-0.15, -0.1) is 0 Å². The predicted molar refractivity (Wildman–Crippen MR) is 130 cm³/mol. The molecule has 1 aliphatic heterocycles. The van der Waals surface area contributed by atoms with Crippen LogP contribution in [-0.2, 0) is 20.6 Å². The molecule has 1 aliphatic rings. The summed E-state index contributed by atoms with van der Waals surface area (Å²) in [7, 11) is -5.92. The molecule has 2 aromatic rings. The van der Waals surface area contributed by atoms with Crippen LogP contribution < -0.4 is 0 Å². The van der Waals surface area contributed by atoms with Gasteiger partial charge in [0, 0.05) is 12.2 Å². The van der Waals surface area contributed by atoms with Crippen LogP contribution in [0.15, 0.2) is 51.3 Å². The van der Waals surface area contributed by atoms with Crippen LogP contribution in [0.2, 0.25) is 25.1 Å². The molecule has 30 heavy (non-hydrogen) atoms. The summed E-state index contributed by atoms with van der Waals surface area (Å²) in [5, 5.41) is -0.205. The fraction of sp³-hybridized carbons (Fsp3) is 0.263. The number of rotatable bonds is 4. The minimum atomic E-state index is -4.10. The minimum Gasteiger partial charge on any atom is -0.257 e. The summed E-state index contributed by atoms with van der Waals surface area (Å²) >= 11 is 32.0. The second kappa shape index (κ2) is 9.14. The molecule has 2 aromatic carbocycles. The molecule has 0 spiro atoms. The molecule has 0 N–H and O–H groups in total. The van der Waals surface area contributed by atoms with Crippen molar-refractivity contribution in [3.05, 3.63) is 66.6 Å². The maximum atomic E-state index is 13.8. The molecule has 11 heteroatoms. The average Bonchev–Trinajstić information content (AvgIpc) is 2.72. The highest BCUT2D eigenvalue weighted by atomic mass is 35.5. The Bertz CT molecular complexity index is 1150. The maximum Gasteiger partial charge on any atom is 0.206 e. The van der Waals surface area contributed by atoms with E-state index in [4.69, 9.17) is 58.0 Å². The number of sulfone groups is 1. The van der Waals surface area contributed by atoms with Crippen LogP contribution in [0.5, 0.6) is 0 Å². The lowest BCUT2D eigenvalue weighted by atomic mass is 10.1. The smallest absolute Gasteiger partial charge is 0.206 e. The van der Waals surface area contributed by atoms with Crippen LogP contribution in [0.4, 0.5) is 0 Å². The summed E-state index contributed by atoms with van der Waals surface area (Å²) < 4.78 is 39.3. The fourth-order valence-electron chi connectivity index (χ4n) is 2.95. The third kappa shape index (κ3) is 4.08. The molecular formula is C19H15Cl5O3S3. The summed E-state index contributed by atoms with van der Waals surface area (Å²) in [6, 6.07) is 7.88. The normalized spacial score (nSPS) is 22.4. The zero-order chi connectivity index (χ0) is 22.4. The predicted octanol–water partition coefficient (Wildman–Crippen LogP) is 7.66. The van der Waals surface area contributed by atoms with Crippen molar-refractivity contribution in [1.82, 2.24) is 0 Å². The lowest BCUT2D eigenvalue weighted by Crippen LogP contribution is -2.44. The Balaban J connectivity index is 2.31. The van der Waals surface area contributed by atoms with Crippen molar-refractivity contribution in [3.63, 3.8) is 0 Å². The van der Waals surface area contributed by atoms with Crippen LogP contribution in [0.1, 0.15) is 20.3 Å². The van der Waals surface area contributed by atoms with Crippen molar-refractivity contribution in [3.8, 4) is 0 Å². The first kappa shape index (κ1) is 24.7. The molecule has 3 rings (SSSR count). The molecule has 0 bridgehead atoms. The van der Waals surface area contributed by atoms with Gasteiger partial charge in [0.2, 0.25) is 13.2 Å². The molecule has 0 saturated carbocycles. The number of thioether (sulfide) groups is 1. The maximum absolute atomic E-state index is 13.8. The van der Waals surface area contributed by atoms with Crippen LogP contribution in [0.3, 0.4) is 0 Å². The molecule has 2 unspecified atom stereocenters. The first-order valence-corrected chi connectivity index (χ1v) is 14.0. The molecular weight excluding hydrogens is 550 g/mol. The third-order valence-electron chi connectivity index (χ3n) is 4.79. The van der Waals surface area contributed by atoms with Gasteiger partial charge in [-0.3, -0.25) is 4.21 Å². The van der Waals surface area contributed by atoms with E-state index in [1.165, 1.54) is 12.1 Å². The number of hydrogen-bond donors (Lipinski definition) is 0. The second-order valence-corrected chi connectivity index (χ2v) is 14.6. The molecule has 162 valence electrons. The zero-order valence-electron chi connectivity index (χ0n) is 15.6. The Kier molecular flexibility index (Phi) is 7.53. The first-order chi connectivity index (χ1) is 13.9. The van der Waals surface area contributed by atoms with Crippen molar-refractivity contribution >= 4 is 90.4 Å². The van der Waals surface area contributed by atoms with E-state index in [9.17, 15) is 12.6 Å². The molecule has 2 atom stereocenters. The van der Waals surface area contributed by atoms with E-state index < -0.39 is 24.0 Å². The first-order valence-electron chi connectivity index (χ1n) is 8.48. The summed E-state index contributed by atoms with van der Waals surface area (Å²) in [6.45, 7) is 3.67. The Hall–Kier alpha value is 0.0800. The topological polar surface area (TPSA) is 51.2 Å². The second-order valence-electron chi connectivity index (χ2n) is 6.73. The van der Waals surface area contributed by atoms with Crippen LogP contribution in [-0.4, -0.2) is 21.8 Å². The van der Waals surface area contributed by atoms with Crippen LogP contribution in [0, 0.1) is 0 Å². The van der Waals surface area contributed by atoms with Gasteiger partial charge in [0.15, 0.2) is 0 Å². The van der Waals surface area contributed by atoms with Crippen molar-refractivity contribution in [2.45, 2.75) is 33.5 Å². The van der Waals surface area contributed by atoms with Crippen molar-refractivity contribution in [2.75, 3.05) is 5.75 Å². The number of halogens is 5. The molecule has 0 saturated heterocycles. The van der Waals surface area contributed by atoms with E-state index in [1.54, 1.807) is 18.2 Å². The van der Waals surface area contributed by atoms with E-state index in [0.29, 0.717) is 0 Å². The van der Waals surface area contributed by atoms with Crippen LogP contribution >= 0.6 is 69.8 Å². The van der Waals surface area contributed by atoms with Gasteiger partial charge >= 0.3 is 0 Å². The Morgan fingerprint density at radius 2 is 1.37 bits per heavy atom. The van der Waals surface area contributed by atoms with Gasteiger partial charge in [0.25, 0.3) is 0 Å². The molecule has 1 heterocycles. The highest BCUT2D eigenvalue weighted by molar-refractivity contribution is 8.27. The lowest BCUT2D eigenvalue weighted by molar-refractivity contribution is 0.584. The summed E-state index contributed by atoms with van der Waals surface area (Å²) in [6.07, 6.45) is 0.0257. The lowest BCUT2D eigenvalue weighted by Gasteiger charge is -2.36. The van der Waals surface area contributed by atoms with E-state index in [-0.39, 0.29) is 47.1 Å². The monoisotopic (exact) mass is 562 g/mol. The fourth-order valence-corrected chi connectivity index (χ4v) is 11.2. The molecule has 0 aliphatic carbocycles. The van der Waals surface area contributed by atoms with E-state index in [0.717, 1.165) is 22.9 Å². The molecule has 0 fully saturated rings. The highest BCUT2D eigenvalue weighted by Crippen LogP contribution is 2.56. The molecule has 0 radical (unpaired) electrons. The van der Waals surface area contributed by atoms with Gasteiger partial charge < -0.3 is 0 Å². The van der Waals surface area contributed by atoms with Gasteiger partial charge in [-0.2, -0.15) is 0 Å². The number of benzene rings is 2. The van der Waals surface area contributed by atoms with Crippen molar-refractivity contribution < 1.29 is 12.6 Å². The van der Waals surface area contributed by atoms with Gasteiger partial charge in [0.05, 0.1) is 45.7 Å². The molecule has 0 aromatic heterocycles. The summed E-state index contributed by atoms with van der Waals surface area (Å²) in [4.78, 5) is 0.176. The van der Waals surface area contributed by atoms with Crippen molar-refractivity contribution in [1.29, 1.82) is 0 Å².